The van der Waals surface area contributed by atoms with Crippen LogP contribution in [0.1, 0.15) is 29.4 Å². The molecule has 0 unspecified atom stereocenters. The summed E-state index contributed by atoms with van der Waals surface area (Å²) in [5, 5.41) is 27.9. The lowest BCUT2D eigenvalue weighted by Gasteiger charge is -2.04. The maximum atomic E-state index is 12.0. The molecule has 0 aliphatic rings. The number of hydrogen-bond acceptors (Lipinski definition) is 12. The first kappa shape index (κ1) is 24.5. The van der Waals surface area contributed by atoms with Gasteiger partial charge in [0.1, 0.15) is 10.0 Å². The van der Waals surface area contributed by atoms with Crippen molar-refractivity contribution in [2.75, 3.05) is 37.1 Å². The molecule has 0 saturated heterocycles. The van der Waals surface area contributed by atoms with Crippen molar-refractivity contribution < 1.29 is 19.1 Å². The van der Waals surface area contributed by atoms with Crippen molar-refractivity contribution in [1.29, 1.82) is 0 Å². The van der Waals surface area contributed by atoms with Crippen LogP contribution < -0.4 is 10.6 Å². The first-order chi connectivity index (χ1) is 16.7. The zero-order chi connectivity index (χ0) is 23.6. The molecule has 0 radical (unpaired) electrons. The Kier molecular flexibility index (Phi) is 9.18. The molecule has 0 bridgehead atoms. The third-order valence-corrected chi connectivity index (χ3v) is 7.69. The van der Waals surface area contributed by atoms with Gasteiger partial charge in [0.05, 0.1) is 36.2 Å². The Morgan fingerprint density at radius 2 is 1.18 bits per heavy atom. The summed E-state index contributed by atoms with van der Waals surface area (Å²) >= 11 is 5.42. The van der Waals surface area contributed by atoms with E-state index in [1.165, 1.54) is 45.3 Å². The maximum absolute atomic E-state index is 12.0. The van der Waals surface area contributed by atoms with E-state index in [1.54, 1.807) is 12.1 Å². The van der Waals surface area contributed by atoms with Crippen LogP contribution >= 0.6 is 45.3 Å². The van der Waals surface area contributed by atoms with Gasteiger partial charge in [-0.05, 0) is 22.9 Å². The molecule has 4 aromatic heterocycles. The Hall–Kier alpha value is -2.62. The highest BCUT2D eigenvalue weighted by molar-refractivity contribution is 7.16. The average molecular weight is 537 g/mol. The minimum Gasteiger partial charge on any atom is -0.379 e. The molecule has 10 nitrogen and oxygen atoms in total. The summed E-state index contributed by atoms with van der Waals surface area (Å²) in [6.45, 7) is 1.89. The summed E-state index contributed by atoms with van der Waals surface area (Å²) in [4.78, 5) is 25.3. The minimum absolute atomic E-state index is 0.181. The van der Waals surface area contributed by atoms with E-state index in [1.807, 2.05) is 22.9 Å². The SMILES string of the molecule is O=C(Nc1nnc(CCOCCOCCc2nnc(NC(=O)c3cccs3)s2)s1)c1cccs1. The van der Waals surface area contributed by atoms with Gasteiger partial charge in [0.2, 0.25) is 10.3 Å². The highest BCUT2D eigenvalue weighted by Crippen LogP contribution is 2.19. The van der Waals surface area contributed by atoms with Crippen LogP contribution in [-0.2, 0) is 22.3 Å². The number of nitrogens with one attached hydrogen (secondary N) is 2. The van der Waals surface area contributed by atoms with Gasteiger partial charge >= 0.3 is 0 Å². The molecule has 14 heteroatoms. The van der Waals surface area contributed by atoms with Gasteiger partial charge in [-0.3, -0.25) is 20.2 Å². The number of rotatable bonds is 13. The van der Waals surface area contributed by atoms with Gasteiger partial charge in [-0.1, -0.05) is 34.8 Å². The summed E-state index contributed by atoms with van der Waals surface area (Å²) in [7, 11) is 0. The van der Waals surface area contributed by atoms with Crippen molar-refractivity contribution in [3.63, 3.8) is 0 Å². The van der Waals surface area contributed by atoms with E-state index in [2.05, 4.69) is 31.0 Å². The number of carbonyl (C=O) groups is 2. The lowest BCUT2D eigenvalue weighted by atomic mass is 10.4. The molecule has 0 saturated carbocycles. The number of nitrogens with zero attached hydrogens (tertiary/aromatic N) is 4. The Bertz CT molecular complexity index is 1080. The zero-order valence-electron chi connectivity index (χ0n) is 17.8. The summed E-state index contributed by atoms with van der Waals surface area (Å²) in [5.74, 6) is -0.363. The molecule has 34 heavy (non-hydrogen) atoms. The fourth-order valence-corrected chi connectivity index (χ4v) is 5.25. The van der Waals surface area contributed by atoms with Crippen molar-refractivity contribution in [1.82, 2.24) is 20.4 Å². The number of ether oxygens (including phenoxy) is 2. The van der Waals surface area contributed by atoms with E-state index in [0.29, 0.717) is 59.3 Å². The fraction of sp³-hybridized carbons (Fsp3) is 0.300. The molecule has 0 aromatic carbocycles. The molecule has 0 spiro atoms. The van der Waals surface area contributed by atoms with Crippen LogP contribution in [0.3, 0.4) is 0 Å². The van der Waals surface area contributed by atoms with Crippen molar-refractivity contribution in [3.05, 3.63) is 54.8 Å². The van der Waals surface area contributed by atoms with E-state index in [0.717, 1.165) is 10.0 Å². The molecule has 0 fully saturated rings. The number of carbonyl (C=O) groups excluding carboxylic acids is 2. The monoisotopic (exact) mass is 536 g/mol. The average Bonchev–Trinajstić information content (AvgIpc) is 3.63. The van der Waals surface area contributed by atoms with Crippen LogP contribution in [0.15, 0.2) is 35.0 Å². The van der Waals surface area contributed by atoms with Gasteiger partial charge in [0, 0.05) is 12.8 Å². The second kappa shape index (κ2) is 12.7. The first-order valence-electron chi connectivity index (χ1n) is 10.2. The van der Waals surface area contributed by atoms with Crippen molar-refractivity contribution in [2.24, 2.45) is 0 Å². The van der Waals surface area contributed by atoms with Crippen molar-refractivity contribution in [2.45, 2.75) is 12.8 Å². The molecule has 2 amide bonds. The quantitative estimate of drug-likeness (QED) is 0.247. The Morgan fingerprint density at radius 3 is 1.59 bits per heavy atom. The Morgan fingerprint density at radius 1 is 0.706 bits per heavy atom. The zero-order valence-corrected chi connectivity index (χ0v) is 21.0. The topological polar surface area (TPSA) is 128 Å². The largest absolute Gasteiger partial charge is 0.379 e. The predicted octanol–water partition coefficient (Wildman–Crippen LogP) is 3.84. The van der Waals surface area contributed by atoms with Gasteiger partial charge in [-0.15, -0.1) is 43.1 Å². The molecule has 4 rings (SSSR count). The highest BCUT2D eigenvalue weighted by Gasteiger charge is 2.12. The number of anilines is 2. The van der Waals surface area contributed by atoms with E-state index in [9.17, 15) is 9.59 Å². The standard InChI is InChI=1S/C20H20N6O4S4/c27-17(13-3-1-11-31-13)21-19-25-23-15(33-19)5-7-29-9-10-30-8-6-16-24-26-20(34-16)22-18(28)14-4-2-12-32-14/h1-4,11-12H,5-10H2,(H,21,25,27)(H,22,26,28). The lowest BCUT2D eigenvalue weighted by molar-refractivity contribution is 0.0500. The van der Waals surface area contributed by atoms with Crippen LogP contribution in [0.25, 0.3) is 0 Å². The van der Waals surface area contributed by atoms with Gasteiger partial charge < -0.3 is 9.47 Å². The molecular weight excluding hydrogens is 517 g/mol. The molecule has 4 heterocycles. The Balaban J connectivity index is 1.04. The predicted molar refractivity (Wildman–Crippen MR) is 133 cm³/mol. The third kappa shape index (κ3) is 7.44. The lowest BCUT2D eigenvalue weighted by Crippen LogP contribution is -2.09. The van der Waals surface area contributed by atoms with Gasteiger partial charge in [-0.2, -0.15) is 0 Å². The number of aromatic nitrogens is 4. The smallest absolute Gasteiger partial charge is 0.267 e. The summed E-state index contributed by atoms with van der Waals surface area (Å²) in [6.07, 6.45) is 1.22. The molecule has 2 N–H and O–H groups in total. The van der Waals surface area contributed by atoms with Crippen LogP contribution in [0, 0.1) is 0 Å². The van der Waals surface area contributed by atoms with Gasteiger partial charge in [0.25, 0.3) is 11.8 Å². The maximum Gasteiger partial charge on any atom is 0.267 e. The minimum atomic E-state index is -0.181. The van der Waals surface area contributed by atoms with E-state index in [4.69, 9.17) is 9.47 Å². The second-order valence-corrected chi connectivity index (χ2v) is 10.6. The second-order valence-electron chi connectivity index (χ2n) is 6.59. The number of hydrogen-bond donors (Lipinski definition) is 2. The summed E-state index contributed by atoms with van der Waals surface area (Å²) in [6, 6.07) is 7.17. The molecule has 0 aliphatic heterocycles. The molecule has 0 atom stereocenters. The van der Waals surface area contributed by atoms with E-state index in [-0.39, 0.29) is 11.8 Å². The summed E-state index contributed by atoms with van der Waals surface area (Å²) < 4.78 is 11.2. The van der Waals surface area contributed by atoms with Crippen LogP contribution in [0.4, 0.5) is 10.3 Å². The van der Waals surface area contributed by atoms with Crippen LogP contribution in [0.5, 0.6) is 0 Å². The molecule has 0 aliphatic carbocycles. The molecule has 4 aromatic rings. The van der Waals surface area contributed by atoms with Gasteiger partial charge in [0.15, 0.2) is 0 Å². The van der Waals surface area contributed by atoms with Gasteiger partial charge in [-0.25, -0.2) is 0 Å². The fourth-order valence-electron chi connectivity index (χ4n) is 2.58. The first-order valence-corrected chi connectivity index (χ1v) is 13.6. The summed E-state index contributed by atoms with van der Waals surface area (Å²) in [5.41, 5.74) is 0. The normalized spacial score (nSPS) is 10.9. The van der Waals surface area contributed by atoms with E-state index >= 15 is 0 Å². The molecular formula is C20H20N6O4S4. The number of amides is 2. The van der Waals surface area contributed by atoms with Crippen LogP contribution in [-0.4, -0.2) is 58.6 Å². The van der Waals surface area contributed by atoms with Crippen LogP contribution in [0.2, 0.25) is 0 Å². The van der Waals surface area contributed by atoms with Crippen molar-refractivity contribution >= 4 is 67.4 Å². The number of thiophene rings is 2. The Labute approximate surface area is 211 Å². The van der Waals surface area contributed by atoms with Crippen molar-refractivity contribution in [3.8, 4) is 0 Å². The molecule has 178 valence electrons. The highest BCUT2D eigenvalue weighted by atomic mass is 32.1. The third-order valence-electron chi connectivity index (χ3n) is 4.16. The van der Waals surface area contributed by atoms with E-state index < -0.39 is 0 Å².